The van der Waals surface area contributed by atoms with E-state index in [9.17, 15) is 13.2 Å². The van der Waals surface area contributed by atoms with E-state index in [1.54, 1.807) is 19.1 Å². The van der Waals surface area contributed by atoms with Crippen LogP contribution in [0.15, 0.2) is 53.4 Å². The van der Waals surface area contributed by atoms with Gasteiger partial charge in [-0.3, -0.25) is 4.79 Å². The summed E-state index contributed by atoms with van der Waals surface area (Å²) in [5, 5.41) is 2.78. The summed E-state index contributed by atoms with van der Waals surface area (Å²) in [7, 11) is 0.482. The first-order chi connectivity index (χ1) is 11.3. The van der Waals surface area contributed by atoms with Crippen molar-refractivity contribution in [3.05, 3.63) is 59.7 Å². The molecule has 0 aliphatic carbocycles. The zero-order valence-electron chi connectivity index (χ0n) is 14.1. The van der Waals surface area contributed by atoms with E-state index >= 15 is 0 Å². The number of hydrogen-bond donors (Lipinski definition) is 1. The normalized spacial score (nSPS) is 11.1. The van der Waals surface area contributed by atoms with Gasteiger partial charge in [-0.15, -0.1) is 0 Å². The molecule has 0 fully saturated rings. The third-order valence-corrected chi connectivity index (χ3v) is 5.54. The van der Waals surface area contributed by atoms with Crippen LogP contribution in [0.1, 0.15) is 22.8 Å². The highest BCUT2D eigenvalue weighted by Crippen LogP contribution is 2.17. The highest BCUT2D eigenvalue weighted by molar-refractivity contribution is 7.91. The molecule has 0 bridgehead atoms. The number of carbonyl (C=O) groups excluding carboxylic acids is 1. The van der Waals surface area contributed by atoms with Gasteiger partial charge >= 0.3 is 0 Å². The van der Waals surface area contributed by atoms with E-state index in [-0.39, 0.29) is 22.1 Å². The van der Waals surface area contributed by atoms with E-state index in [4.69, 9.17) is 0 Å². The van der Waals surface area contributed by atoms with E-state index in [1.165, 1.54) is 12.1 Å². The Hall–Kier alpha value is -2.34. The van der Waals surface area contributed by atoms with Gasteiger partial charge in [-0.05, 0) is 29.8 Å². The second kappa shape index (κ2) is 7.49. The first-order valence-corrected chi connectivity index (χ1v) is 9.36. The predicted molar refractivity (Wildman–Crippen MR) is 96.1 cm³/mol. The second-order valence-corrected chi connectivity index (χ2v) is 7.89. The van der Waals surface area contributed by atoms with E-state index < -0.39 is 9.84 Å². The molecule has 0 aromatic heterocycles. The van der Waals surface area contributed by atoms with E-state index in [1.807, 2.05) is 43.3 Å². The summed E-state index contributed by atoms with van der Waals surface area (Å²) >= 11 is 0. The van der Waals surface area contributed by atoms with Gasteiger partial charge in [0.05, 0.1) is 16.2 Å². The standard InChI is InChI=1S/C18H22N2O3S/c1-4-24(22,23)17-8-6-5-7-16(17)18(21)19-13-14-9-11-15(12-10-14)20(2)3/h5-12H,4,13H2,1-3H3,(H,19,21). The number of nitrogens with one attached hydrogen (secondary N) is 1. The quantitative estimate of drug-likeness (QED) is 0.873. The zero-order chi connectivity index (χ0) is 17.7. The molecule has 1 N–H and O–H groups in total. The summed E-state index contributed by atoms with van der Waals surface area (Å²) < 4.78 is 24.2. The molecule has 0 heterocycles. The molecule has 2 rings (SSSR count). The molecule has 0 aliphatic rings. The summed E-state index contributed by atoms with van der Waals surface area (Å²) in [4.78, 5) is 14.5. The Morgan fingerprint density at radius 3 is 2.25 bits per heavy atom. The fourth-order valence-corrected chi connectivity index (χ4v) is 3.36. The fourth-order valence-electron chi connectivity index (χ4n) is 2.27. The molecule has 1 amide bonds. The maximum Gasteiger partial charge on any atom is 0.252 e. The van der Waals surface area contributed by atoms with Crippen LogP contribution in [0.2, 0.25) is 0 Å². The van der Waals surface area contributed by atoms with Crippen molar-refractivity contribution < 1.29 is 13.2 Å². The van der Waals surface area contributed by atoms with Gasteiger partial charge in [0.2, 0.25) is 0 Å². The fraction of sp³-hybridized carbons (Fsp3) is 0.278. The monoisotopic (exact) mass is 346 g/mol. The van der Waals surface area contributed by atoms with Crippen molar-refractivity contribution in [3.63, 3.8) is 0 Å². The zero-order valence-corrected chi connectivity index (χ0v) is 14.9. The minimum absolute atomic E-state index is 0.0384. The van der Waals surface area contributed by atoms with Gasteiger partial charge in [0.25, 0.3) is 5.91 Å². The van der Waals surface area contributed by atoms with Gasteiger partial charge in [0.15, 0.2) is 9.84 Å². The first-order valence-electron chi connectivity index (χ1n) is 7.71. The van der Waals surface area contributed by atoms with Crippen LogP contribution in [0, 0.1) is 0 Å². The molecule has 2 aromatic carbocycles. The highest BCUT2D eigenvalue weighted by atomic mass is 32.2. The number of anilines is 1. The van der Waals surface area contributed by atoms with Crippen LogP contribution < -0.4 is 10.2 Å². The molecule has 0 saturated carbocycles. The molecule has 0 unspecified atom stereocenters. The first kappa shape index (κ1) is 18.0. The molecule has 6 heteroatoms. The third-order valence-electron chi connectivity index (χ3n) is 3.75. The molecule has 0 aliphatic heterocycles. The Morgan fingerprint density at radius 2 is 1.67 bits per heavy atom. The van der Waals surface area contributed by atoms with Crippen molar-refractivity contribution in [2.75, 3.05) is 24.7 Å². The number of hydrogen-bond acceptors (Lipinski definition) is 4. The van der Waals surface area contributed by atoms with E-state index in [2.05, 4.69) is 5.32 Å². The van der Waals surface area contributed by atoms with E-state index in [0.29, 0.717) is 6.54 Å². The summed E-state index contributed by atoms with van der Waals surface area (Å²) in [5.74, 6) is -0.428. The molecule has 128 valence electrons. The third kappa shape index (κ3) is 4.14. The minimum Gasteiger partial charge on any atom is -0.378 e. The molecule has 0 atom stereocenters. The van der Waals surface area contributed by atoms with Gasteiger partial charge in [-0.1, -0.05) is 31.2 Å². The molecular weight excluding hydrogens is 324 g/mol. The number of sulfone groups is 1. The van der Waals surface area contributed by atoms with Crippen molar-refractivity contribution in [2.45, 2.75) is 18.4 Å². The Bertz CT molecular complexity index is 812. The lowest BCUT2D eigenvalue weighted by Crippen LogP contribution is -2.25. The largest absolute Gasteiger partial charge is 0.378 e. The molecule has 24 heavy (non-hydrogen) atoms. The van der Waals surface area contributed by atoms with Crippen LogP contribution in [0.25, 0.3) is 0 Å². The number of benzene rings is 2. The number of carbonyl (C=O) groups is 1. The lowest BCUT2D eigenvalue weighted by Gasteiger charge is -2.13. The van der Waals surface area contributed by atoms with Crippen molar-refractivity contribution in [1.29, 1.82) is 0 Å². The minimum atomic E-state index is -3.44. The average Bonchev–Trinajstić information content (AvgIpc) is 2.60. The van der Waals surface area contributed by atoms with Crippen molar-refractivity contribution in [2.24, 2.45) is 0 Å². The number of nitrogens with zero attached hydrogens (tertiary/aromatic N) is 1. The summed E-state index contributed by atoms with van der Waals surface area (Å²) in [6.45, 7) is 1.91. The van der Waals surface area contributed by atoms with Crippen LogP contribution in [0.5, 0.6) is 0 Å². The molecular formula is C18H22N2O3S. The van der Waals surface area contributed by atoms with Gasteiger partial charge in [-0.2, -0.15) is 0 Å². The SMILES string of the molecule is CCS(=O)(=O)c1ccccc1C(=O)NCc1ccc(N(C)C)cc1. The lowest BCUT2D eigenvalue weighted by atomic mass is 10.1. The molecule has 0 spiro atoms. The Kier molecular flexibility index (Phi) is 5.62. The summed E-state index contributed by atoms with van der Waals surface area (Å²) in [6.07, 6.45) is 0. The topological polar surface area (TPSA) is 66.5 Å². The Morgan fingerprint density at radius 1 is 1.04 bits per heavy atom. The van der Waals surface area contributed by atoms with Gasteiger partial charge < -0.3 is 10.2 Å². The lowest BCUT2D eigenvalue weighted by molar-refractivity contribution is 0.0947. The summed E-state index contributed by atoms with van der Waals surface area (Å²) in [6, 6.07) is 14.1. The van der Waals surface area contributed by atoms with Crippen LogP contribution in [-0.4, -0.2) is 34.2 Å². The Balaban J connectivity index is 2.14. The maximum absolute atomic E-state index is 12.4. The van der Waals surface area contributed by atoms with Gasteiger partial charge in [-0.25, -0.2) is 8.42 Å². The van der Waals surface area contributed by atoms with Crippen molar-refractivity contribution in [1.82, 2.24) is 5.32 Å². The van der Waals surface area contributed by atoms with Crippen LogP contribution in [0.3, 0.4) is 0 Å². The predicted octanol–water partition coefficient (Wildman–Crippen LogP) is 2.48. The second-order valence-electron chi connectivity index (χ2n) is 5.64. The van der Waals surface area contributed by atoms with Crippen LogP contribution >= 0.6 is 0 Å². The van der Waals surface area contributed by atoms with Gasteiger partial charge in [0, 0.05) is 26.3 Å². The van der Waals surface area contributed by atoms with Crippen LogP contribution in [0.4, 0.5) is 5.69 Å². The molecule has 0 saturated heterocycles. The number of rotatable bonds is 6. The Labute approximate surface area is 143 Å². The van der Waals surface area contributed by atoms with Crippen molar-refractivity contribution in [3.8, 4) is 0 Å². The van der Waals surface area contributed by atoms with E-state index in [0.717, 1.165) is 11.3 Å². The van der Waals surface area contributed by atoms with Gasteiger partial charge in [0.1, 0.15) is 0 Å². The molecule has 5 nitrogen and oxygen atoms in total. The number of amides is 1. The summed E-state index contributed by atoms with van der Waals surface area (Å²) in [5.41, 5.74) is 2.21. The van der Waals surface area contributed by atoms with Crippen molar-refractivity contribution >= 4 is 21.4 Å². The molecule has 0 radical (unpaired) electrons. The molecule has 2 aromatic rings. The smallest absolute Gasteiger partial charge is 0.252 e. The highest BCUT2D eigenvalue weighted by Gasteiger charge is 2.20. The maximum atomic E-state index is 12.4. The van der Waals surface area contributed by atoms with Crippen LogP contribution in [-0.2, 0) is 16.4 Å². The average molecular weight is 346 g/mol.